The van der Waals surface area contributed by atoms with E-state index in [9.17, 15) is 16.8 Å². The Morgan fingerprint density at radius 2 is 1.92 bits per heavy atom. The van der Waals surface area contributed by atoms with Crippen molar-refractivity contribution in [2.75, 3.05) is 19.4 Å². The average molecular weight is 419 g/mol. The van der Waals surface area contributed by atoms with Crippen molar-refractivity contribution in [1.82, 2.24) is 9.29 Å². The molecule has 7 nitrogen and oxygen atoms in total. The van der Waals surface area contributed by atoms with Crippen molar-refractivity contribution in [2.45, 2.75) is 22.8 Å². The van der Waals surface area contributed by atoms with Crippen LogP contribution < -0.4 is 0 Å². The number of nitrogens with zero attached hydrogens (tertiary/aromatic N) is 2. The zero-order valence-electron chi connectivity index (χ0n) is 14.0. The Morgan fingerprint density at radius 1 is 1.19 bits per heavy atom. The Bertz CT molecular complexity index is 963. The standard InChI is InChI=1S/C16H19ClN2O5S2/c1-25(21,22)14-5-6-15(17)16(10-14)26(23,24)19(8-3-9-20)12-13-4-2-7-18-11-13/h2,4-7,10-11,20H,3,8-9,12H2,1H3. The molecule has 0 bridgehead atoms. The molecule has 0 fully saturated rings. The van der Waals surface area contributed by atoms with Crippen LogP contribution in [0.25, 0.3) is 0 Å². The Labute approximate surface area is 158 Å². The molecule has 0 atom stereocenters. The number of halogens is 1. The zero-order chi connectivity index (χ0) is 19.4. The number of rotatable bonds is 8. The van der Waals surface area contributed by atoms with Crippen molar-refractivity contribution < 1.29 is 21.9 Å². The summed E-state index contributed by atoms with van der Waals surface area (Å²) in [6, 6.07) is 6.98. The normalized spacial score (nSPS) is 12.5. The highest BCUT2D eigenvalue weighted by molar-refractivity contribution is 7.91. The summed E-state index contributed by atoms with van der Waals surface area (Å²) in [5, 5.41) is 9.01. The molecule has 0 aliphatic carbocycles. The molecule has 1 aromatic heterocycles. The molecule has 0 unspecified atom stereocenters. The Kier molecular flexibility index (Phi) is 6.75. The van der Waals surface area contributed by atoms with Crippen molar-refractivity contribution in [3.63, 3.8) is 0 Å². The molecule has 10 heteroatoms. The van der Waals surface area contributed by atoms with E-state index >= 15 is 0 Å². The molecule has 1 N–H and O–H groups in total. The first-order valence-corrected chi connectivity index (χ1v) is 11.4. The van der Waals surface area contributed by atoms with Crippen LogP contribution in [-0.4, -0.2) is 50.6 Å². The maximum absolute atomic E-state index is 13.1. The van der Waals surface area contributed by atoms with Gasteiger partial charge >= 0.3 is 0 Å². The topological polar surface area (TPSA) is 105 Å². The van der Waals surface area contributed by atoms with Gasteiger partial charge in [0.25, 0.3) is 0 Å². The fourth-order valence-electron chi connectivity index (χ4n) is 2.28. The summed E-state index contributed by atoms with van der Waals surface area (Å²) < 4.78 is 50.8. The lowest BCUT2D eigenvalue weighted by atomic mass is 10.3. The number of hydrogen-bond acceptors (Lipinski definition) is 6. The van der Waals surface area contributed by atoms with Gasteiger partial charge in [0.1, 0.15) is 4.90 Å². The highest BCUT2D eigenvalue weighted by Crippen LogP contribution is 2.28. The van der Waals surface area contributed by atoms with Gasteiger partial charge in [-0.3, -0.25) is 4.98 Å². The van der Waals surface area contributed by atoms with Crippen molar-refractivity contribution in [3.05, 3.63) is 53.3 Å². The Balaban J connectivity index is 2.49. The molecular weight excluding hydrogens is 400 g/mol. The average Bonchev–Trinajstić information content (AvgIpc) is 2.58. The number of hydrogen-bond donors (Lipinski definition) is 1. The van der Waals surface area contributed by atoms with Gasteiger partial charge in [0.15, 0.2) is 9.84 Å². The molecular formula is C16H19ClN2O5S2. The van der Waals surface area contributed by atoms with Gasteiger partial charge in [0.2, 0.25) is 10.0 Å². The summed E-state index contributed by atoms with van der Waals surface area (Å²) >= 11 is 6.05. The van der Waals surface area contributed by atoms with Gasteiger partial charge in [-0.15, -0.1) is 0 Å². The molecule has 2 aromatic rings. The van der Waals surface area contributed by atoms with Crippen LogP contribution >= 0.6 is 11.6 Å². The summed E-state index contributed by atoms with van der Waals surface area (Å²) in [5.74, 6) is 0. The van der Waals surface area contributed by atoms with Crippen molar-refractivity contribution >= 4 is 31.5 Å². The summed E-state index contributed by atoms with van der Waals surface area (Å²) in [6.07, 6.45) is 4.33. The predicted octanol–water partition coefficient (Wildman–Crippen LogP) is 1.71. The van der Waals surface area contributed by atoms with Gasteiger partial charge in [0.05, 0.1) is 9.92 Å². The second-order valence-corrected chi connectivity index (χ2v) is 9.97. The number of benzene rings is 1. The first-order chi connectivity index (χ1) is 12.2. The van der Waals surface area contributed by atoms with Crippen molar-refractivity contribution in [1.29, 1.82) is 0 Å². The quantitative estimate of drug-likeness (QED) is 0.699. The molecule has 0 spiro atoms. The third-order valence-electron chi connectivity index (χ3n) is 3.60. The highest BCUT2D eigenvalue weighted by Gasteiger charge is 2.28. The summed E-state index contributed by atoms with van der Waals surface area (Å²) in [5.41, 5.74) is 0.657. The molecule has 1 heterocycles. The lowest BCUT2D eigenvalue weighted by molar-refractivity contribution is 0.267. The maximum atomic E-state index is 13.1. The van der Waals surface area contributed by atoms with Crippen molar-refractivity contribution in [3.8, 4) is 0 Å². The number of sulfone groups is 1. The largest absolute Gasteiger partial charge is 0.396 e. The lowest BCUT2D eigenvalue weighted by Crippen LogP contribution is -2.32. The van der Waals surface area contributed by atoms with E-state index in [1.807, 2.05) is 0 Å². The number of aromatic nitrogens is 1. The van der Waals surface area contributed by atoms with E-state index in [-0.39, 0.29) is 40.9 Å². The van der Waals surface area contributed by atoms with E-state index in [1.165, 1.54) is 18.3 Å². The minimum atomic E-state index is -4.09. The summed E-state index contributed by atoms with van der Waals surface area (Å²) in [4.78, 5) is 3.54. The molecule has 0 aliphatic heterocycles. The maximum Gasteiger partial charge on any atom is 0.244 e. The van der Waals surface area contributed by atoms with Crippen LogP contribution in [0.15, 0.2) is 52.5 Å². The fraction of sp³-hybridized carbons (Fsp3) is 0.312. The van der Waals surface area contributed by atoms with Crippen LogP contribution in [0.1, 0.15) is 12.0 Å². The summed E-state index contributed by atoms with van der Waals surface area (Å²) in [7, 11) is -7.68. The minimum absolute atomic E-state index is 0.0234. The van der Waals surface area contributed by atoms with Crippen LogP contribution in [0.4, 0.5) is 0 Å². The first kappa shape index (κ1) is 20.8. The van der Waals surface area contributed by atoms with E-state index in [1.54, 1.807) is 18.3 Å². The predicted molar refractivity (Wildman–Crippen MR) is 98.1 cm³/mol. The summed E-state index contributed by atoms with van der Waals surface area (Å²) in [6.45, 7) is -0.112. The lowest BCUT2D eigenvalue weighted by Gasteiger charge is -2.22. The van der Waals surface area contributed by atoms with Gasteiger partial charge in [-0.1, -0.05) is 17.7 Å². The van der Waals surface area contributed by atoms with Gasteiger partial charge in [-0.25, -0.2) is 16.8 Å². The monoisotopic (exact) mass is 418 g/mol. The van der Waals surface area contributed by atoms with E-state index in [4.69, 9.17) is 16.7 Å². The van der Waals surface area contributed by atoms with E-state index < -0.39 is 19.9 Å². The molecule has 0 saturated carbocycles. The molecule has 0 radical (unpaired) electrons. The zero-order valence-corrected chi connectivity index (χ0v) is 16.4. The second kappa shape index (κ2) is 8.45. The SMILES string of the molecule is CS(=O)(=O)c1ccc(Cl)c(S(=O)(=O)N(CCCO)Cc2cccnc2)c1. The van der Waals surface area contributed by atoms with E-state index in [0.717, 1.165) is 16.6 Å². The minimum Gasteiger partial charge on any atom is -0.396 e. The first-order valence-electron chi connectivity index (χ1n) is 7.66. The van der Waals surface area contributed by atoms with E-state index in [0.29, 0.717) is 5.56 Å². The molecule has 142 valence electrons. The van der Waals surface area contributed by atoms with Crippen LogP contribution in [-0.2, 0) is 26.4 Å². The Hall–Kier alpha value is -1.52. The van der Waals surface area contributed by atoms with Gasteiger partial charge < -0.3 is 5.11 Å². The molecule has 0 amide bonds. The smallest absolute Gasteiger partial charge is 0.244 e. The molecule has 0 aliphatic rings. The van der Waals surface area contributed by atoms with E-state index in [2.05, 4.69) is 4.98 Å². The fourth-order valence-corrected chi connectivity index (χ4v) is 4.97. The third kappa shape index (κ3) is 5.01. The third-order valence-corrected chi connectivity index (χ3v) is 7.03. The van der Waals surface area contributed by atoms with Gasteiger partial charge in [0, 0.05) is 38.3 Å². The number of aliphatic hydroxyl groups is 1. The van der Waals surface area contributed by atoms with Crippen molar-refractivity contribution in [2.24, 2.45) is 0 Å². The number of pyridine rings is 1. The molecule has 1 aromatic carbocycles. The molecule has 26 heavy (non-hydrogen) atoms. The van der Waals surface area contributed by atoms with Crippen LogP contribution in [0, 0.1) is 0 Å². The van der Waals surface area contributed by atoms with Crippen LogP contribution in [0.3, 0.4) is 0 Å². The van der Waals surface area contributed by atoms with Crippen LogP contribution in [0.2, 0.25) is 5.02 Å². The number of aliphatic hydroxyl groups excluding tert-OH is 1. The Morgan fingerprint density at radius 3 is 2.50 bits per heavy atom. The van der Waals surface area contributed by atoms with Gasteiger partial charge in [-0.2, -0.15) is 4.31 Å². The number of sulfonamides is 1. The highest BCUT2D eigenvalue weighted by atomic mass is 35.5. The molecule has 2 rings (SSSR count). The molecule has 0 saturated heterocycles. The van der Waals surface area contributed by atoms with Crippen LogP contribution in [0.5, 0.6) is 0 Å². The second-order valence-electron chi connectivity index (χ2n) is 5.64. The van der Waals surface area contributed by atoms with Gasteiger partial charge in [-0.05, 0) is 36.2 Å².